The highest BCUT2D eigenvalue weighted by Gasteiger charge is 2.51. The Labute approximate surface area is 193 Å². The summed E-state index contributed by atoms with van der Waals surface area (Å²) >= 11 is 0. The fraction of sp³-hybridized carbons (Fsp3) is 0.357. The van der Waals surface area contributed by atoms with Crippen LogP contribution in [0.4, 0.5) is 0 Å². The van der Waals surface area contributed by atoms with Gasteiger partial charge in [0.2, 0.25) is 0 Å². The second kappa shape index (κ2) is 9.62. The molecule has 0 N–H and O–H groups in total. The van der Waals surface area contributed by atoms with Gasteiger partial charge < -0.3 is 9.31 Å². The second-order valence-corrected chi connectivity index (χ2v) is 9.72. The van der Waals surface area contributed by atoms with Crippen molar-refractivity contribution in [3.63, 3.8) is 0 Å². The Kier molecular flexibility index (Phi) is 6.85. The molecule has 0 aliphatic carbocycles. The third kappa shape index (κ3) is 5.32. The largest absolute Gasteiger partial charge is 0.459 e. The van der Waals surface area contributed by atoms with Crippen molar-refractivity contribution in [2.24, 2.45) is 0 Å². The average molecular weight is 427 g/mol. The molecule has 166 valence electrons. The summed E-state index contributed by atoms with van der Waals surface area (Å²) in [5, 5.41) is 0. The van der Waals surface area contributed by atoms with E-state index < -0.39 is 0 Å². The van der Waals surface area contributed by atoms with Crippen molar-refractivity contribution < 1.29 is 9.31 Å². The van der Waals surface area contributed by atoms with Crippen LogP contribution in [0.1, 0.15) is 50.4 Å². The fourth-order valence-electron chi connectivity index (χ4n) is 4.33. The first kappa shape index (κ1) is 22.8. The van der Waals surface area contributed by atoms with E-state index in [0.717, 1.165) is 19.4 Å². The van der Waals surface area contributed by atoms with Gasteiger partial charge in [0.15, 0.2) is 0 Å². The molecule has 0 saturated carbocycles. The van der Waals surface area contributed by atoms with Gasteiger partial charge in [-0.25, -0.2) is 0 Å². The number of nitrogens with zero attached hydrogens (tertiary/aromatic N) is 1. The van der Waals surface area contributed by atoms with Gasteiger partial charge in [-0.15, -0.1) is 0 Å². The summed E-state index contributed by atoms with van der Waals surface area (Å²) in [6, 6.07) is 32.3. The molecule has 3 nitrogen and oxygen atoms in total. The summed E-state index contributed by atoms with van der Waals surface area (Å²) in [5.74, 6) is 0. The first-order valence-corrected chi connectivity index (χ1v) is 11.6. The van der Waals surface area contributed by atoms with E-state index in [1.54, 1.807) is 0 Å². The van der Waals surface area contributed by atoms with Crippen LogP contribution in [0.5, 0.6) is 0 Å². The van der Waals surface area contributed by atoms with Crippen LogP contribution in [-0.2, 0) is 22.4 Å². The van der Waals surface area contributed by atoms with Crippen molar-refractivity contribution in [3.05, 3.63) is 108 Å². The molecule has 4 rings (SSSR count). The third-order valence-electron chi connectivity index (χ3n) is 6.80. The molecule has 0 amide bonds. The highest BCUT2D eigenvalue weighted by atomic mass is 16.7. The van der Waals surface area contributed by atoms with E-state index in [9.17, 15) is 0 Å². The lowest BCUT2D eigenvalue weighted by atomic mass is 9.77. The normalized spacial score (nSPS) is 18.1. The van der Waals surface area contributed by atoms with E-state index >= 15 is 0 Å². The summed E-state index contributed by atoms with van der Waals surface area (Å²) in [5.41, 5.74) is 3.23. The van der Waals surface area contributed by atoms with Crippen molar-refractivity contribution in [2.75, 3.05) is 0 Å². The average Bonchev–Trinajstić information content (AvgIpc) is 2.99. The lowest BCUT2D eigenvalue weighted by molar-refractivity contribution is 0.00578. The molecule has 1 heterocycles. The molecular formula is C28H34BNO2. The molecule has 0 radical (unpaired) electrons. The summed E-state index contributed by atoms with van der Waals surface area (Å²) < 4.78 is 12.8. The van der Waals surface area contributed by atoms with Crippen molar-refractivity contribution in [1.29, 1.82) is 0 Å². The maximum absolute atomic E-state index is 6.42. The van der Waals surface area contributed by atoms with E-state index in [0.29, 0.717) is 0 Å². The summed E-state index contributed by atoms with van der Waals surface area (Å²) in [4.78, 5) is 2.55. The molecule has 1 atom stereocenters. The van der Waals surface area contributed by atoms with Crippen LogP contribution in [0, 0.1) is 0 Å². The van der Waals surface area contributed by atoms with Crippen LogP contribution in [0.15, 0.2) is 91.0 Å². The lowest BCUT2D eigenvalue weighted by Crippen LogP contribution is -2.41. The Hall–Kier alpha value is -2.40. The van der Waals surface area contributed by atoms with E-state index in [-0.39, 0.29) is 24.4 Å². The maximum atomic E-state index is 6.42. The summed E-state index contributed by atoms with van der Waals surface area (Å²) in [7, 11) is -0.251. The number of hydrogen-bond acceptors (Lipinski definition) is 3. The lowest BCUT2D eigenvalue weighted by Gasteiger charge is -2.33. The number of benzene rings is 3. The van der Waals surface area contributed by atoms with Crippen molar-refractivity contribution in [2.45, 2.75) is 64.3 Å². The minimum absolute atomic E-state index is 0.159. The second-order valence-electron chi connectivity index (χ2n) is 9.72. The molecule has 0 bridgehead atoms. The quantitative estimate of drug-likeness (QED) is 0.382. The number of hydrogen-bond donors (Lipinski definition) is 0. The topological polar surface area (TPSA) is 21.7 Å². The Morgan fingerprint density at radius 2 is 1.06 bits per heavy atom. The molecule has 1 saturated heterocycles. The molecule has 0 unspecified atom stereocenters. The third-order valence-corrected chi connectivity index (χ3v) is 6.80. The molecule has 0 aromatic heterocycles. The van der Waals surface area contributed by atoms with Crippen molar-refractivity contribution in [3.8, 4) is 0 Å². The zero-order valence-electron chi connectivity index (χ0n) is 19.7. The molecule has 32 heavy (non-hydrogen) atoms. The number of rotatable bonds is 8. The maximum Gasteiger partial charge on any atom is 0.459 e. The van der Waals surface area contributed by atoms with Gasteiger partial charge >= 0.3 is 7.12 Å². The van der Waals surface area contributed by atoms with E-state index in [1.165, 1.54) is 16.7 Å². The van der Waals surface area contributed by atoms with Gasteiger partial charge in [-0.05, 0) is 44.4 Å². The van der Waals surface area contributed by atoms with E-state index in [1.807, 2.05) is 0 Å². The molecule has 1 aliphatic heterocycles. The first-order chi connectivity index (χ1) is 15.3. The van der Waals surface area contributed by atoms with Gasteiger partial charge in [0, 0.05) is 25.5 Å². The van der Waals surface area contributed by atoms with Crippen molar-refractivity contribution >= 4 is 7.12 Å². The van der Waals surface area contributed by atoms with Gasteiger partial charge in [-0.3, -0.25) is 4.90 Å². The van der Waals surface area contributed by atoms with Crippen molar-refractivity contribution in [1.82, 2.24) is 4.90 Å². The highest BCUT2D eigenvalue weighted by molar-refractivity contribution is 6.45. The van der Waals surface area contributed by atoms with Gasteiger partial charge in [0.1, 0.15) is 0 Å². The highest BCUT2D eigenvalue weighted by Crippen LogP contribution is 2.41. The zero-order chi connectivity index (χ0) is 22.6. The Morgan fingerprint density at radius 1 is 0.656 bits per heavy atom. The van der Waals surface area contributed by atoms with Gasteiger partial charge in [-0.1, -0.05) is 91.0 Å². The summed E-state index contributed by atoms with van der Waals surface area (Å²) in [6.07, 6.45) is 0.774. The standard InChI is InChI=1S/C28H34BNO2/c1-27(2)28(3,4)32-29(31-27)20-26(25-18-12-7-13-19-25)30(21-23-14-8-5-9-15-23)22-24-16-10-6-11-17-24/h5-19,26H,20-22H2,1-4H3/t26-/m1/s1. The van der Waals surface area contributed by atoms with Gasteiger partial charge in [-0.2, -0.15) is 0 Å². The molecular weight excluding hydrogens is 393 g/mol. The molecule has 3 aromatic carbocycles. The van der Waals surface area contributed by atoms with Crippen LogP contribution in [0.2, 0.25) is 6.32 Å². The SMILES string of the molecule is CC1(C)OB(C[C@H](c2ccccc2)N(Cc2ccccc2)Cc2ccccc2)OC1(C)C. The molecule has 1 fully saturated rings. The van der Waals surface area contributed by atoms with Crippen LogP contribution in [0.25, 0.3) is 0 Å². The minimum Gasteiger partial charge on any atom is -0.403 e. The Balaban J connectivity index is 1.66. The predicted molar refractivity (Wildman–Crippen MR) is 132 cm³/mol. The first-order valence-electron chi connectivity index (χ1n) is 11.6. The fourth-order valence-corrected chi connectivity index (χ4v) is 4.33. The molecule has 4 heteroatoms. The molecule has 1 aliphatic rings. The summed E-state index contributed by atoms with van der Waals surface area (Å²) in [6.45, 7) is 10.2. The Morgan fingerprint density at radius 3 is 1.50 bits per heavy atom. The molecule has 3 aromatic rings. The van der Waals surface area contributed by atoms with Crippen LogP contribution >= 0.6 is 0 Å². The van der Waals surface area contributed by atoms with Crippen LogP contribution < -0.4 is 0 Å². The minimum atomic E-state index is -0.331. The van der Waals surface area contributed by atoms with E-state index in [2.05, 4.69) is 124 Å². The molecule has 0 spiro atoms. The van der Waals surface area contributed by atoms with Gasteiger partial charge in [0.05, 0.1) is 11.2 Å². The van der Waals surface area contributed by atoms with Gasteiger partial charge in [0.25, 0.3) is 0 Å². The van der Waals surface area contributed by atoms with Crippen LogP contribution in [0.3, 0.4) is 0 Å². The smallest absolute Gasteiger partial charge is 0.403 e. The Bertz CT molecular complexity index is 919. The monoisotopic (exact) mass is 427 g/mol. The predicted octanol–water partition coefficient (Wildman–Crippen LogP) is 6.52. The van der Waals surface area contributed by atoms with Crippen LogP contribution in [-0.4, -0.2) is 23.2 Å². The van der Waals surface area contributed by atoms with E-state index in [4.69, 9.17) is 9.31 Å². The zero-order valence-corrected chi connectivity index (χ0v) is 19.7.